The van der Waals surface area contributed by atoms with Crippen molar-refractivity contribution in [2.45, 2.75) is 11.4 Å². The Balaban J connectivity index is 1.69. The molecule has 0 amide bonds. The molecule has 1 aliphatic rings. The van der Waals surface area contributed by atoms with E-state index < -0.39 is 10.0 Å². The molecule has 0 spiro atoms. The van der Waals surface area contributed by atoms with Crippen LogP contribution in [0.15, 0.2) is 41.3 Å². The van der Waals surface area contributed by atoms with Gasteiger partial charge in [-0.15, -0.1) is 0 Å². The Bertz CT molecular complexity index is 942. The predicted octanol–water partition coefficient (Wildman–Crippen LogP) is 2.87. The van der Waals surface area contributed by atoms with E-state index in [9.17, 15) is 8.42 Å². The topological polar surface area (TPSA) is 68.3 Å². The third kappa shape index (κ3) is 4.61. The van der Waals surface area contributed by atoms with Crippen LogP contribution in [0, 0.1) is 0 Å². The molecule has 1 heterocycles. The highest BCUT2D eigenvalue weighted by molar-refractivity contribution is 7.89. The Labute approximate surface area is 176 Å². The fourth-order valence-electron chi connectivity index (χ4n) is 3.41. The highest BCUT2D eigenvalue weighted by atomic mass is 35.5. The van der Waals surface area contributed by atoms with Crippen molar-refractivity contribution < 1.29 is 22.6 Å². The zero-order valence-corrected chi connectivity index (χ0v) is 18.3. The Kier molecular flexibility index (Phi) is 6.89. The van der Waals surface area contributed by atoms with Crippen molar-refractivity contribution in [3.8, 4) is 17.2 Å². The van der Waals surface area contributed by atoms with Crippen molar-refractivity contribution in [2.24, 2.45) is 0 Å². The molecule has 0 N–H and O–H groups in total. The van der Waals surface area contributed by atoms with Gasteiger partial charge in [0, 0.05) is 43.3 Å². The van der Waals surface area contributed by atoms with Gasteiger partial charge < -0.3 is 14.2 Å². The molecule has 1 aliphatic heterocycles. The van der Waals surface area contributed by atoms with Crippen LogP contribution in [-0.4, -0.2) is 65.1 Å². The van der Waals surface area contributed by atoms with Crippen molar-refractivity contribution in [1.29, 1.82) is 0 Å². The summed E-state index contributed by atoms with van der Waals surface area (Å²) in [6.07, 6.45) is 0. The van der Waals surface area contributed by atoms with Crippen LogP contribution in [0.25, 0.3) is 0 Å². The van der Waals surface area contributed by atoms with Gasteiger partial charge in [-0.25, -0.2) is 8.42 Å². The lowest BCUT2D eigenvalue weighted by atomic mass is 10.1. The summed E-state index contributed by atoms with van der Waals surface area (Å²) in [5.74, 6) is 1.78. The Morgan fingerprint density at radius 1 is 0.862 bits per heavy atom. The van der Waals surface area contributed by atoms with Crippen LogP contribution in [0.2, 0.25) is 5.02 Å². The van der Waals surface area contributed by atoms with Crippen LogP contribution < -0.4 is 14.2 Å². The molecule has 2 aromatic rings. The minimum atomic E-state index is -3.52. The Morgan fingerprint density at radius 2 is 1.48 bits per heavy atom. The van der Waals surface area contributed by atoms with E-state index in [1.807, 2.05) is 12.1 Å². The monoisotopic (exact) mass is 440 g/mol. The number of rotatable bonds is 7. The van der Waals surface area contributed by atoms with Crippen molar-refractivity contribution in [3.05, 3.63) is 47.0 Å². The van der Waals surface area contributed by atoms with E-state index in [0.29, 0.717) is 55.0 Å². The summed E-state index contributed by atoms with van der Waals surface area (Å²) in [7, 11) is 1.23. The molecular weight excluding hydrogens is 416 g/mol. The molecule has 158 valence electrons. The zero-order valence-electron chi connectivity index (χ0n) is 16.7. The maximum Gasteiger partial charge on any atom is 0.243 e. The lowest BCUT2D eigenvalue weighted by molar-refractivity contribution is 0.179. The SMILES string of the molecule is COc1ccc(CN2CCN(S(=O)(=O)c3ccc(Cl)cc3)CC2)c(OC)c1OC. The second kappa shape index (κ2) is 9.21. The largest absolute Gasteiger partial charge is 0.493 e. The predicted molar refractivity (Wildman–Crippen MR) is 112 cm³/mol. The number of benzene rings is 2. The lowest BCUT2D eigenvalue weighted by Gasteiger charge is -2.34. The van der Waals surface area contributed by atoms with Crippen LogP contribution in [0.1, 0.15) is 5.56 Å². The first kappa shape index (κ1) is 21.7. The zero-order chi connectivity index (χ0) is 21.0. The molecule has 7 nitrogen and oxygen atoms in total. The molecule has 0 bridgehead atoms. The van der Waals surface area contributed by atoms with Crippen LogP contribution in [0.4, 0.5) is 0 Å². The third-order valence-corrected chi connectivity index (χ3v) is 7.13. The van der Waals surface area contributed by atoms with Gasteiger partial charge in [0.05, 0.1) is 26.2 Å². The van der Waals surface area contributed by atoms with Crippen LogP contribution >= 0.6 is 11.6 Å². The normalized spacial score (nSPS) is 15.9. The Hall–Kier alpha value is -2.00. The van der Waals surface area contributed by atoms with Gasteiger partial charge in [0.25, 0.3) is 0 Å². The standard InChI is InChI=1S/C20H25ClN2O5S/c1-26-18-9-4-15(19(27-2)20(18)28-3)14-22-10-12-23(13-11-22)29(24,25)17-7-5-16(21)6-8-17/h4-9H,10-14H2,1-3H3. The van der Waals surface area contributed by atoms with Crippen molar-refractivity contribution in [2.75, 3.05) is 47.5 Å². The first-order chi connectivity index (χ1) is 13.9. The summed E-state index contributed by atoms with van der Waals surface area (Å²) in [5, 5.41) is 0.512. The highest BCUT2D eigenvalue weighted by Crippen LogP contribution is 2.40. The maximum absolute atomic E-state index is 12.8. The fourth-order valence-corrected chi connectivity index (χ4v) is 4.96. The fraction of sp³-hybridized carbons (Fsp3) is 0.400. The van der Waals surface area contributed by atoms with E-state index in [-0.39, 0.29) is 4.90 Å². The third-order valence-electron chi connectivity index (χ3n) is 4.96. The summed E-state index contributed by atoms with van der Waals surface area (Å²) in [5.41, 5.74) is 0.958. The summed E-state index contributed by atoms with van der Waals surface area (Å²) < 4.78 is 43.5. The van der Waals surface area contributed by atoms with Gasteiger partial charge >= 0.3 is 0 Å². The van der Waals surface area contributed by atoms with Crippen LogP contribution in [-0.2, 0) is 16.6 Å². The average Bonchev–Trinajstić information content (AvgIpc) is 2.74. The number of methoxy groups -OCH3 is 3. The van der Waals surface area contributed by atoms with E-state index in [4.69, 9.17) is 25.8 Å². The molecule has 0 saturated carbocycles. The van der Waals surface area contributed by atoms with Gasteiger partial charge in [-0.2, -0.15) is 4.31 Å². The molecule has 29 heavy (non-hydrogen) atoms. The first-order valence-corrected chi connectivity index (χ1v) is 11.0. The number of halogens is 1. The van der Waals surface area contributed by atoms with E-state index in [1.165, 1.54) is 4.31 Å². The quantitative estimate of drug-likeness (QED) is 0.659. The molecule has 0 aliphatic carbocycles. The van der Waals surface area contributed by atoms with E-state index >= 15 is 0 Å². The summed E-state index contributed by atoms with van der Waals surface area (Å²) in [6, 6.07) is 10.0. The molecule has 2 aromatic carbocycles. The first-order valence-electron chi connectivity index (χ1n) is 9.16. The molecule has 3 rings (SSSR count). The molecule has 0 radical (unpaired) electrons. The van der Waals surface area contributed by atoms with Gasteiger partial charge in [-0.1, -0.05) is 17.7 Å². The number of hydrogen-bond donors (Lipinski definition) is 0. The van der Waals surface area contributed by atoms with Crippen molar-refractivity contribution in [3.63, 3.8) is 0 Å². The molecule has 1 fully saturated rings. The minimum Gasteiger partial charge on any atom is -0.493 e. The number of nitrogens with zero attached hydrogens (tertiary/aromatic N) is 2. The maximum atomic E-state index is 12.8. The molecular formula is C20H25ClN2O5S. The molecule has 0 atom stereocenters. The van der Waals surface area contributed by atoms with Gasteiger partial charge in [0.15, 0.2) is 11.5 Å². The van der Waals surface area contributed by atoms with Crippen molar-refractivity contribution >= 4 is 21.6 Å². The molecule has 0 aromatic heterocycles. The number of ether oxygens (including phenoxy) is 3. The highest BCUT2D eigenvalue weighted by Gasteiger charge is 2.29. The van der Waals surface area contributed by atoms with Crippen LogP contribution in [0.5, 0.6) is 17.2 Å². The second-order valence-electron chi connectivity index (χ2n) is 6.63. The minimum absolute atomic E-state index is 0.261. The second-order valence-corrected chi connectivity index (χ2v) is 9.00. The number of sulfonamides is 1. The molecule has 1 saturated heterocycles. The lowest BCUT2D eigenvalue weighted by Crippen LogP contribution is -2.48. The summed E-state index contributed by atoms with van der Waals surface area (Å²) in [6.45, 7) is 2.69. The smallest absolute Gasteiger partial charge is 0.243 e. The van der Waals surface area contributed by atoms with E-state index in [0.717, 1.165) is 5.56 Å². The van der Waals surface area contributed by atoms with E-state index in [1.54, 1.807) is 45.6 Å². The summed E-state index contributed by atoms with van der Waals surface area (Å²) in [4.78, 5) is 2.45. The number of piperazine rings is 1. The Morgan fingerprint density at radius 3 is 2.03 bits per heavy atom. The van der Waals surface area contributed by atoms with Gasteiger partial charge in [0.1, 0.15) is 0 Å². The van der Waals surface area contributed by atoms with Gasteiger partial charge in [-0.3, -0.25) is 4.90 Å². The van der Waals surface area contributed by atoms with Gasteiger partial charge in [0.2, 0.25) is 15.8 Å². The molecule has 9 heteroatoms. The van der Waals surface area contributed by atoms with Gasteiger partial charge in [-0.05, 0) is 30.3 Å². The summed E-state index contributed by atoms with van der Waals surface area (Å²) >= 11 is 5.87. The molecule has 0 unspecified atom stereocenters. The van der Waals surface area contributed by atoms with E-state index in [2.05, 4.69) is 4.90 Å². The number of hydrogen-bond acceptors (Lipinski definition) is 6. The van der Waals surface area contributed by atoms with Crippen molar-refractivity contribution in [1.82, 2.24) is 9.21 Å². The van der Waals surface area contributed by atoms with Crippen LogP contribution in [0.3, 0.4) is 0 Å². The average molecular weight is 441 g/mol.